The van der Waals surface area contributed by atoms with Crippen molar-refractivity contribution in [3.8, 4) is 0 Å². The Morgan fingerprint density at radius 1 is 1.38 bits per heavy atom. The summed E-state index contributed by atoms with van der Waals surface area (Å²) in [5, 5.41) is 0.0570. The maximum atomic E-state index is 13.8. The molecule has 1 atom stereocenters. The third kappa shape index (κ3) is 2.49. The molecule has 1 amide bonds. The first kappa shape index (κ1) is 14.3. The van der Waals surface area contributed by atoms with Crippen molar-refractivity contribution in [1.82, 2.24) is 9.88 Å². The van der Waals surface area contributed by atoms with Gasteiger partial charge in [-0.2, -0.15) is 0 Å². The van der Waals surface area contributed by atoms with Gasteiger partial charge in [-0.15, -0.1) is 0 Å². The number of benzene rings is 1. The van der Waals surface area contributed by atoms with E-state index in [1.807, 2.05) is 0 Å². The minimum absolute atomic E-state index is 0.0456. The van der Waals surface area contributed by atoms with Crippen LogP contribution in [0.2, 0.25) is 5.02 Å². The van der Waals surface area contributed by atoms with Gasteiger partial charge in [-0.1, -0.05) is 11.6 Å². The average molecular weight is 314 g/mol. The maximum absolute atomic E-state index is 13.8. The van der Waals surface area contributed by atoms with Crippen molar-refractivity contribution in [3.05, 3.63) is 34.5 Å². The number of hydrogen-bond donors (Lipinski definition) is 2. The van der Waals surface area contributed by atoms with Gasteiger partial charge in [-0.25, -0.2) is 8.78 Å². The molecular weight excluding hydrogens is 300 g/mol. The van der Waals surface area contributed by atoms with Gasteiger partial charge in [0.15, 0.2) is 11.6 Å². The first-order valence-corrected chi connectivity index (χ1v) is 7.06. The smallest absolute Gasteiger partial charge is 0.270 e. The Morgan fingerprint density at radius 2 is 2.14 bits per heavy atom. The van der Waals surface area contributed by atoms with E-state index in [-0.39, 0.29) is 28.2 Å². The monoisotopic (exact) mass is 313 g/mol. The number of nitrogens with one attached hydrogen (secondary N) is 1. The van der Waals surface area contributed by atoms with Gasteiger partial charge >= 0.3 is 0 Å². The summed E-state index contributed by atoms with van der Waals surface area (Å²) in [6.07, 6.45) is 1.72. The van der Waals surface area contributed by atoms with E-state index >= 15 is 0 Å². The van der Waals surface area contributed by atoms with Gasteiger partial charge in [0.2, 0.25) is 0 Å². The number of fused-ring (bicyclic) bond motifs is 1. The van der Waals surface area contributed by atoms with Crippen molar-refractivity contribution in [2.75, 3.05) is 13.1 Å². The number of halogens is 3. The number of likely N-dealkylation sites (tertiary alicyclic amines) is 1. The number of carbonyl (C=O) groups excluding carboxylic acids is 1. The van der Waals surface area contributed by atoms with Crippen LogP contribution in [0, 0.1) is 11.6 Å². The Balaban J connectivity index is 1.97. The van der Waals surface area contributed by atoms with E-state index in [1.165, 1.54) is 12.1 Å². The maximum Gasteiger partial charge on any atom is 0.270 e. The molecule has 0 aliphatic carbocycles. The van der Waals surface area contributed by atoms with E-state index in [9.17, 15) is 13.6 Å². The van der Waals surface area contributed by atoms with Gasteiger partial charge in [0.1, 0.15) is 5.69 Å². The number of aromatic amines is 1. The largest absolute Gasteiger partial charge is 0.348 e. The number of amides is 1. The highest BCUT2D eigenvalue weighted by atomic mass is 35.5. The van der Waals surface area contributed by atoms with Crippen LogP contribution in [0.25, 0.3) is 10.9 Å². The summed E-state index contributed by atoms with van der Waals surface area (Å²) in [5.74, 6) is -2.46. The van der Waals surface area contributed by atoms with Gasteiger partial charge in [0, 0.05) is 24.5 Å². The van der Waals surface area contributed by atoms with E-state index in [0.717, 1.165) is 12.8 Å². The van der Waals surface area contributed by atoms with Crippen LogP contribution in [0.5, 0.6) is 0 Å². The molecule has 3 N–H and O–H groups in total. The third-order valence-electron chi connectivity index (χ3n) is 3.73. The van der Waals surface area contributed by atoms with Crippen LogP contribution in [0.4, 0.5) is 8.78 Å². The van der Waals surface area contributed by atoms with Gasteiger partial charge in [0.05, 0.1) is 10.5 Å². The Kier molecular flexibility index (Phi) is 3.59. The summed E-state index contributed by atoms with van der Waals surface area (Å²) in [6, 6.07) is 2.73. The van der Waals surface area contributed by atoms with E-state index in [0.29, 0.717) is 18.5 Å². The van der Waals surface area contributed by atoms with Crippen LogP contribution in [0.3, 0.4) is 0 Å². The minimum Gasteiger partial charge on any atom is -0.348 e. The number of aromatic nitrogens is 1. The van der Waals surface area contributed by atoms with Crippen LogP contribution in [-0.2, 0) is 0 Å². The molecule has 0 radical (unpaired) electrons. The van der Waals surface area contributed by atoms with Gasteiger partial charge in [-0.3, -0.25) is 4.79 Å². The van der Waals surface area contributed by atoms with E-state index in [4.69, 9.17) is 17.3 Å². The standard InChI is InChI=1S/C14H14ClF2N3O/c15-9-4-7-5-10(19-13(7)12(17)11(9)16)14(21)20-3-1-2-8(18)6-20/h4-5,8,19H,1-3,6,18H2. The molecule has 1 aromatic heterocycles. The molecular formula is C14H14ClF2N3O. The second-order valence-corrected chi connectivity index (χ2v) is 5.69. The molecule has 0 spiro atoms. The number of carbonyl (C=O) groups is 1. The summed E-state index contributed by atoms with van der Waals surface area (Å²) >= 11 is 5.61. The van der Waals surface area contributed by atoms with Crippen LogP contribution >= 0.6 is 11.6 Å². The first-order chi connectivity index (χ1) is 9.97. The Morgan fingerprint density at radius 3 is 2.86 bits per heavy atom. The molecule has 1 saturated heterocycles. The highest BCUT2D eigenvalue weighted by Gasteiger charge is 2.24. The van der Waals surface area contributed by atoms with E-state index in [2.05, 4.69) is 4.98 Å². The predicted molar refractivity (Wildman–Crippen MR) is 76.3 cm³/mol. The van der Waals surface area contributed by atoms with Crippen LogP contribution in [0.15, 0.2) is 12.1 Å². The van der Waals surface area contributed by atoms with Crippen molar-refractivity contribution in [2.45, 2.75) is 18.9 Å². The number of H-pyrrole nitrogens is 1. The van der Waals surface area contributed by atoms with Crippen LogP contribution < -0.4 is 5.73 Å². The molecule has 1 aliphatic rings. The summed E-state index contributed by atoms with van der Waals surface area (Å²) in [7, 11) is 0. The number of nitrogens with two attached hydrogens (primary N) is 1. The van der Waals surface area contributed by atoms with Gasteiger partial charge in [0.25, 0.3) is 5.91 Å². The molecule has 1 unspecified atom stereocenters. The first-order valence-electron chi connectivity index (χ1n) is 6.68. The topological polar surface area (TPSA) is 62.1 Å². The molecule has 1 aromatic carbocycles. The Hall–Kier alpha value is -1.66. The Labute approximate surface area is 124 Å². The lowest BCUT2D eigenvalue weighted by molar-refractivity contribution is 0.0704. The zero-order valence-corrected chi connectivity index (χ0v) is 11.9. The van der Waals surface area contributed by atoms with Crippen LogP contribution in [-0.4, -0.2) is 34.9 Å². The van der Waals surface area contributed by atoms with Crippen LogP contribution in [0.1, 0.15) is 23.3 Å². The Bertz CT molecular complexity index is 716. The highest BCUT2D eigenvalue weighted by Crippen LogP contribution is 2.27. The molecule has 0 saturated carbocycles. The van der Waals surface area contributed by atoms with Crippen molar-refractivity contribution in [3.63, 3.8) is 0 Å². The van der Waals surface area contributed by atoms with Crippen molar-refractivity contribution < 1.29 is 13.6 Å². The minimum atomic E-state index is -1.12. The fourth-order valence-corrected chi connectivity index (χ4v) is 2.86. The fraction of sp³-hybridized carbons (Fsp3) is 0.357. The predicted octanol–water partition coefficient (Wildman–Crippen LogP) is 2.66. The summed E-state index contributed by atoms with van der Waals surface area (Å²) in [5.41, 5.74) is 6.00. The summed E-state index contributed by atoms with van der Waals surface area (Å²) in [6.45, 7) is 1.07. The van der Waals surface area contributed by atoms with Crippen molar-refractivity contribution >= 4 is 28.4 Å². The molecule has 2 heterocycles. The molecule has 1 aliphatic heterocycles. The fourth-order valence-electron chi connectivity index (χ4n) is 2.66. The molecule has 4 nitrogen and oxygen atoms in total. The van der Waals surface area contributed by atoms with Crippen molar-refractivity contribution in [1.29, 1.82) is 0 Å². The van der Waals surface area contributed by atoms with E-state index < -0.39 is 11.6 Å². The second-order valence-electron chi connectivity index (χ2n) is 5.29. The lowest BCUT2D eigenvalue weighted by Gasteiger charge is -2.30. The molecule has 7 heteroatoms. The van der Waals surface area contributed by atoms with Gasteiger partial charge < -0.3 is 15.6 Å². The molecule has 2 aromatic rings. The quantitative estimate of drug-likeness (QED) is 0.795. The molecule has 3 rings (SSSR count). The second kappa shape index (κ2) is 5.27. The number of hydrogen-bond acceptors (Lipinski definition) is 2. The van der Waals surface area contributed by atoms with Gasteiger partial charge in [-0.05, 0) is 25.0 Å². The highest BCUT2D eigenvalue weighted by molar-refractivity contribution is 6.31. The molecule has 21 heavy (non-hydrogen) atoms. The lowest BCUT2D eigenvalue weighted by Crippen LogP contribution is -2.45. The lowest BCUT2D eigenvalue weighted by atomic mass is 10.1. The molecule has 0 bridgehead atoms. The molecule has 112 valence electrons. The normalized spacial score (nSPS) is 19.2. The SMILES string of the molecule is NC1CCCN(C(=O)c2cc3cc(Cl)c(F)c(F)c3[nH]2)C1. The number of nitrogens with zero attached hydrogens (tertiary/aromatic N) is 1. The number of rotatable bonds is 1. The third-order valence-corrected chi connectivity index (χ3v) is 4.00. The van der Waals surface area contributed by atoms with E-state index in [1.54, 1.807) is 4.90 Å². The number of piperidine rings is 1. The summed E-state index contributed by atoms with van der Waals surface area (Å²) in [4.78, 5) is 16.6. The zero-order valence-electron chi connectivity index (χ0n) is 11.1. The molecule has 1 fully saturated rings. The average Bonchev–Trinajstić information content (AvgIpc) is 2.88. The zero-order chi connectivity index (χ0) is 15.1. The van der Waals surface area contributed by atoms with Crippen molar-refractivity contribution in [2.24, 2.45) is 5.73 Å². The summed E-state index contributed by atoms with van der Waals surface area (Å²) < 4.78 is 27.2.